The van der Waals surface area contributed by atoms with E-state index in [0.29, 0.717) is 0 Å². The number of nitrogens with zero attached hydrogens (tertiary/aromatic N) is 1. The lowest BCUT2D eigenvalue weighted by molar-refractivity contribution is 0.00551. The second kappa shape index (κ2) is 3.75. The Hall–Kier alpha value is -0.0800. The van der Waals surface area contributed by atoms with Crippen molar-refractivity contribution in [1.29, 1.82) is 0 Å². The normalized spacial score (nSPS) is 35.8. The quantitative estimate of drug-likeness (QED) is 0.635. The Kier molecular flexibility index (Phi) is 2.66. The Morgan fingerprint density at radius 1 is 1.33 bits per heavy atom. The highest BCUT2D eigenvalue weighted by molar-refractivity contribution is 4.91. The first-order valence-corrected chi connectivity index (χ1v) is 5.15. The molecule has 0 bridgehead atoms. The molecule has 2 heteroatoms. The first-order valence-electron chi connectivity index (χ1n) is 5.15. The fraction of sp³-hybridized carbons (Fsp3) is 1.00. The fourth-order valence-electron chi connectivity index (χ4n) is 2.58. The van der Waals surface area contributed by atoms with Crippen LogP contribution in [0.4, 0.5) is 0 Å². The van der Waals surface area contributed by atoms with Crippen LogP contribution in [-0.4, -0.2) is 37.7 Å². The number of ether oxygens (including phenoxy) is 1. The summed E-state index contributed by atoms with van der Waals surface area (Å²) in [7, 11) is 1.79. The molecule has 0 spiro atoms. The van der Waals surface area contributed by atoms with Crippen LogP contribution in [0, 0.1) is 5.92 Å². The molecule has 2 atom stereocenters. The smallest absolute Gasteiger partial charge is 0.0589 e. The first-order chi connectivity index (χ1) is 5.92. The van der Waals surface area contributed by atoms with Crippen molar-refractivity contribution in [2.45, 2.75) is 31.7 Å². The van der Waals surface area contributed by atoms with Gasteiger partial charge in [0.05, 0.1) is 6.61 Å². The van der Waals surface area contributed by atoms with Gasteiger partial charge in [0.15, 0.2) is 0 Å². The van der Waals surface area contributed by atoms with Gasteiger partial charge in [0.25, 0.3) is 0 Å². The number of hydrogen-bond donors (Lipinski definition) is 0. The van der Waals surface area contributed by atoms with Gasteiger partial charge in [0.2, 0.25) is 0 Å². The molecule has 0 aromatic carbocycles. The summed E-state index contributed by atoms with van der Waals surface area (Å²) in [6.45, 7) is 3.37. The van der Waals surface area contributed by atoms with E-state index in [0.717, 1.165) is 25.1 Å². The summed E-state index contributed by atoms with van der Waals surface area (Å²) >= 11 is 0. The molecule has 70 valence electrons. The topological polar surface area (TPSA) is 12.5 Å². The summed E-state index contributed by atoms with van der Waals surface area (Å²) < 4.78 is 5.11. The van der Waals surface area contributed by atoms with Gasteiger partial charge in [-0.15, -0.1) is 0 Å². The molecule has 2 fully saturated rings. The third-order valence-corrected chi connectivity index (χ3v) is 3.45. The van der Waals surface area contributed by atoms with Crippen LogP contribution in [0.1, 0.15) is 25.7 Å². The molecule has 1 aliphatic heterocycles. The summed E-state index contributed by atoms with van der Waals surface area (Å²) in [6, 6.07) is 0.925. The second-order valence-corrected chi connectivity index (χ2v) is 4.08. The molecule has 1 saturated heterocycles. The zero-order chi connectivity index (χ0) is 8.39. The van der Waals surface area contributed by atoms with E-state index in [1.165, 1.54) is 32.2 Å². The largest absolute Gasteiger partial charge is 0.383 e. The predicted octanol–water partition coefficient (Wildman–Crippen LogP) is 1.51. The van der Waals surface area contributed by atoms with Crippen LogP contribution in [0.2, 0.25) is 0 Å². The lowest BCUT2D eigenvalue weighted by Crippen LogP contribution is -2.51. The van der Waals surface area contributed by atoms with E-state index in [1.807, 2.05) is 0 Å². The van der Waals surface area contributed by atoms with Gasteiger partial charge in [0, 0.05) is 19.7 Å². The Balaban J connectivity index is 1.79. The molecular weight excluding hydrogens is 150 g/mol. The maximum atomic E-state index is 5.11. The third-order valence-electron chi connectivity index (χ3n) is 3.45. The van der Waals surface area contributed by atoms with E-state index < -0.39 is 0 Å². The van der Waals surface area contributed by atoms with Crippen LogP contribution in [0.25, 0.3) is 0 Å². The molecular formula is C10H19NO. The average molecular weight is 169 g/mol. The van der Waals surface area contributed by atoms with Crippen LogP contribution >= 0.6 is 0 Å². The number of piperidine rings is 1. The van der Waals surface area contributed by atoms with Gasteiger partial charge in [0.1, 0.15) is 0 Å². The Labute approximate surface area is 74.9 Å². The van der Waals surface area contributed by atoms with Crippen molar-refractivity contribution in [3.8, 4) is 0 Å². The molecule has 12 heavy (non-hydrogen) atoms. The summed E-state index contributed by atoms with van der Waals surface area (Å²) in [5, 5.41) is 0. The molecule has 0 N–H and O–H groups in total. The molecule has 1 saturated carbocycles. The number of rotatable bonds is 3. The standard InChI is InChI=1S/C10H19NO/c1-12-8-7-11-6-2-3-9-4-5-10(9)11/h9-10H,2-8H2,1H3. The average Bonchev–Trinajstić information content (AvgIpc) is 2.04. The van der Waals surface area contributed by atoms with Crippen molar-refractivity contribution in [1.82, 2.24) is 4.90 Å². The van der Waals surface area contributed by atoms with Crippen molar-refractivity contribution in [3.05, 3.63) is 0 Å². The van der Waals surface area contributed by atoms with Crippen molar-refractivity contribution in [2.24, 2.45) is 5.92 Å². The fourth-order valence-corrected chi connectivity index (χ4v) is 2.58. The van der Waals surface area contributed by atoms with Gasteiger partial charge < -0.3 is 4.74 Å². The first kappa shape index (κ1) is 8.52. The molecule has 0 amide bonds. The summed E-state index contributed by atoms with van der Waals surface area (Å²) in [5.74, 6) is 1.04. The Morgan fingerprint density at radius 3 is 2.92 bits per heavy atom. The summed E-state index contributed by atoms with van der Waals surface area (Å²) in [6.07, 6.45) is 5.81. The van der Waals surface area contributed by atoms with Gasteiger partial charge in [-0.3, -0.25) is 4.90 Å². The molecule has 2 rings (SSSR count). The minimum absolute atomic E-state index is 0.906. The van der Waals surface area contributed by atoms with Gasteiger partial charge in [-0.25, -0.2) is 0 Å². The minimum atomic E-state index is 0.906. The van der Waals surface area contributed by atoms with Gasteiger partial charge in [-0.2, -0.15) is 0 Å². The number of likely N-dealkylation sites (tertiary alicyclic amines) is 1. The van der Waals surface area contributed by atoms with Crippen LogP contribution in [0.15, 0.2) is 0 Å². The van der Waals surface area contributed by atoms with Gasteiger partial charge >= 0.3 is 0 Å². The molecule has 2 unspecified atom stereocenters. The Morgan fingerprint density at radius 2 is 2.25 bits per heavy atom. The van der Waals surface area contributed by atoms with E-state index in [4.69, 9.17) is 4.74 Å². The molecule has 2 aliphatic rings. The maximum absolute atomic E-state index is 5.11. The molecule has 1 aliphatic carbocycles. The van der Waals surface area contributed by atoms with E-state index in [-0.39, 0.29) is 0 Å². The van der Waals surface area contributed by atoms with E-state index in [1.54, 1.807) is 7.11 Å². The predicted molar refractivity (Wildman–Crippen MR) is 49.2 cm³/mol. The number of methoxy groups -OCH3 is 1. The van der Waals surface area contributed by atoms with E-state index in [9.17, 15) is 0 Å². The zero-order valence-electron chi connectivity index (χ0n) is 7.96. The molecule has 2 nitrogen and oxygen atoms in total. The second-order valence-electron chi connectivity index (χ2n) is 4.08. The third kappa shape index (κ3) is 1.50. The monoisotopic (exact) mass is 169 g/mol. The lowest BCUT2D eigenvalue weighted by atomic mass is 9.73. The van der Waals surface area contributed by atoms with Gasteiger partial charge in [-0.1, -0.05) is 0 Å². The molecule has 0 aromatic rings. The van der Waals surface area contributed by atoms with Crippen LogP contribution < -0.4 is 0 Å². The number of fused-ring (bicyclic) bond motifs is 1. The molecule has 1 heterocycles. The molecule has 0 aromatic heterocycles. The van der Waals surface area contributed by atoms with Crippen molar-refractivity contribution < 1.29 is 4.74 Å². The van der Waals surface area contributed by atoms with Gasteiger partial charge in [-0.05, 0) is 38.1 Å². The highest BCUT2D eigenvalue weighted by Crippen LogP contribution is 2.38. The van der Waals surface area contributed by atoms with Crippen molar-refractivity contribution >= 4 is 0 Å². The Bertz CT molecular complexity index is 149. The van der Waals surface area contributed by atoms with Crippen molar-refractivity contribution in [2.75, 3.05) is 26.8 Å². The van der Waals surface area contributed by atoms with Crippen LogP contribution in [-0.2, 0) is 4.74 Å². The van der Waals surface area contributed by atoms with Crippen LogP contribution in [0.3, 0.4) is 0 Å². The lowest BCUT2D eigenvalue weighted by Gasteiger charge is -2.48. The number of hydrogen-bond acceptors (Lipinski definition) is 2. The van der Waals surface area contributed by atoms with Crippen LogP contribution in [0.5, 0.6) is 0 Å². The highest BCUT2D eigenvalue weighted by atomic mass is 16.5. The minimum Gasteiger partial charge on any atom is -0.383 e. The summed E-state index contributed by atoms with van der Waals surface area (Å²) in [5.41, 5.74) is 0. The van der Waals surface area contributed by atoms with E-state index in [2.05, 4.69) is 4.90 Å². The summed E-state index contributed by atoms with van der Waals surface area (Å²) in [4.78, 5) is 2.63. The van der Waals surface area contributed by atoms with Crippen molar-refractivity contribution in [3.63, 3.8) is 0 Å². The molecule has 0 radical (unpaired) electrons. The SMILES string of the molecule is COCCN1CCCC2CCC21. The highest BCUT2D eigenvalue weighted by Gasteiger charge is 2.37. The zero-order valence-corrected chi connectivity index (χ0v) is 7.96. The van der Waals surface area contributed by atoms with E-state index >= 15 is 0 Å². The maximum Gasteiger partial charge on any atom is 0.0589 e.